The number of hydrogen-bond donors (Lipinski definition) is 1. The van der Waals surface area contributed by atoms with Crippen LogP contribution < -0.4 is 0 Å². The Kier molecular flexibility index (Phi) is 7.91. The van der Waals surface area contributed by atoms with Crippen LogP contribution in [0.25, 0.3) is 0 Å². The lowest BCUT2D eigenvalue weighted by Crippen LogP contribution is -2.24. The van der Waals surface area contributed by atoms with Crippen LogP contribution in [0.3, 0.4) is 0 Å². The number of carbonyl (C=O) groups excluding carboxylic acids is 1. The van der Waals surface area contributed by atoms with Gasteiger partial charge in [0, 0.05) is 30.2 Å². The number of Topliss-reactive ketones (excluding diaryl/α,β-unsaturated/α-hetero) is 1. The molecule has 1 aromatic heterocycles. The molecule has 0 spiro atoms. The Morgan fingerprint density at radius 2 is 1.91 bits per heavy atom. The van der Waals surface area contributed by atoms with E-state index in [0.717, 1.165) is 53.2 Å². The Bertz CT molecular complexity index is 953. The Hall–Kier alpha value is -2.43. The number of aromatic nitrogens is 1. The largest absolute Gasteiger partial charge is 0.481 e. The molecule has 0 radical (unpaired) electrons. The van der Waals surface area contributed by atoms with E-state index in [1.165, 1.54) is 6.42 Å². The minimum atomic E-state index is -0.915. The Labute approximate surface area is 191 Å². The lowest BCUT2D eigenvalue weighted by Gasteiger charge is -2.35. The van der Waals surface area contributed by atoms with Crippen LogP contribution in [0.1, 0.15) is 98.4 Å². The molecule has 1 N–H and O–H groups in total. The molecule has 0 bridgehead atoms. The zero-order chi connectivity index (χ0) is 23.4. The van der Waals surface area contributed by atoms with Crippen molar-refractivity contribution in [3.8, 4) is 0 Å². The first-order chi connectivity index (χ1) is 15.2. The van der Waals surface area contributed by atoms with Gasteiger partial charge in [-0.25, -0.2) is 0 Å². The molecule has 1 atom stereocenters. The summed E-state index contributed by atoms with van der Waals surface area (Å²) in [5.41, 5.74) is 4.94. The topological polar surface area (TPSA) is 80.4 Å². The molecule has 0 aliphatic heterocycles. The smallest absolute Gasteiger partial charge is 0.304 e. The molecule has 1 fully saturated rings. The van der Waals surface area contributed by atoms with Crippen molar-refractivity contribution in [2.75, 3.05) is 0 Å². The minimum Gasteiger partial charge on any atom is -0.481 e. The third-order valence-electron chi connectivity index (χ3n) is 6.78. The standard InChI is InChI=1S/C27H37NO4/c1-6-24-26(28-32-27(24)22-11-19(12-22)9-16(2)3)21(15-25(30)31)14-23(29)13-20-8-7-17(4)10-18(20)5/h7-8,10,16,19,21-22H,6,9,11-15H2,1-5H3,(H,30,31). The number of carboxylic acid groups (broad SMARTS) is 1. The lowest BCUT2D eigenvalue weighted by atomic mass is 9.69. The number of hydrogen-bond acceptors (Lipinski definition) is 4. The minimum absolute atomic E-state index is 0.0375. The highest BCUT2D eigenvalue weighted by Crippen LogP contribution is 2.47. The molecular weight excluding hydrogens is 402 g/mol. The van der Waals surface area contributed by atoms with E-state index in [1.54, 1.807) is 0 Å². The van der Waals surface area contributed by atoms with Gasteiger partial charge in [-0.05, 0) is 62.5 Å². The zero-order valence-corrected chi connectivity index (χ0v) is 20.1. The number of rotatable bonds is 11. The van der Waals surface area contributed by atoms with Gasteiger partial charge in [-0.1, -0.05) is 49.7 Å². The van der Waals surface area contributed by atoms with Crippen molar-refractivity contribution in [3.63, 3.8) is 0 Å². The van der Waals surface area contributed by atoms with Gasteiger partial charge in [0.15, 0.2) is 0 Å². The van der Waals surface area contributed by atoms with Crippen LogP contribution in [0.2, 0.25) is 0 Å². The van der Waals surface area contributed by atoms with Gasteiger partial charge in [0.1, 0.15) is 11.5 Å². The number of ketones is 1. The van der Waals surface area contributed by atoms with Gasteiger partial charge in [-0.2, -0.15) is 0 Å². The molecule has 0 saturated heterocycles. The highest BCUT2D eigenvalue weighted by molar-refractivity contribution is 5.83. The normalized spacial score (nSPS) is 19.1. The number of aryl methyl sites for hydroxylation is 2. The van der Waals surface area contributed by atoms with E-state index < -0.39 is 11.9 Å². The van der Waals surface area contributed by atoms with Crippen LogP contribution in [0.4, 0.5) is 0 Å². The fourth-order valence-electron chi connectivity index (χ4n) is 5.22. The van der Waals surface area contributed by atoms with Crippen molar-refractivity contribution >= 4 is 11.8 Å². The first kappa shape index (κ1) is 24.2. The molecule has 1 aromatic carbocycles. The molecule has 1 heterocycles. The maximum atomic E-state index is 12.9. The van der Waals surface area contributed by atoms with E-state index in [0.29, 0.717) is 24.0 Å². The molecule has 1 saturated carbocycles. The summed E-state index contributed by atoms with van der Waals surface area (Å²) in [6.45, 7) is 10.6. The van der Waals surface area contributed by atoms with Crippen molar-refractivity contribution in [2.24, 2.45) is 11.8 Å². The zero-order valence-electron chi connectivity index (χ0n) is 20.1. The van der Waals surface area contributed by atoms with Gasteiger partial charge >= 0.3 is 5.97 Å². The monoisotopic (exact) mass is 439 g/mol. The molecule has 2 aromatic rings. The molecule has 5 heteroatoms. The summed E-state index contributed by atoms with van der Waals surface area (Å²) in [6.07, 6.45) is 4.55. The molecule has 1 unspecified atom stereocenters. The van der Waals surface area contributed by atoms with Crippen molar-refractivity contribution in [1.82, 2.24) is 5.16 Å². The highest BCUT2D eigenvalue weighted by atomic mass is 16.5. The van der Waals surface area contributed by atoms with E-state index in [9.17, 15) is 14.7 Å². The van der Waals surface area contributed by atoms with Crippen LogP contribution in [-0.4, -0.2) is 22.0 Å². The highest BCUT2D eigenvalue weighted by Gasteiger charge is 2.37. The molecule has 0 amide bonds. The second kappa shape index (κ2) is 10.5. The average molecular weight is 440 g/mol. The van der Waals surface area contributed by atoms with Crippen molar-refractivity contribution in [3.05, 3.63) is 51.9 Å². The average Bonchev–Trinajstić information content (AvgIpc) is 3.09. The molecule has 1 aliphatic rings. The summed E-state index contributed by atoms with van der Waals surface area (Å²) in [6, 6.07) is 6.07. The second-order valence-corrected chi connectivity index (χ2v) is 10.1. The van der Waals surface area contributed by atoms with Gasteiger partial charge < -0.3 is 9.63 Å². The van der Waals surface area contributed by atoms with Gasteiger partial charge in [0.25, 0.3) is 0 Å². The number of aliphatic carboxylic acids is 1. The molecule has 3 rings (SSSR count). The first-order valence-corrected chi connectivity index (χ1v) is 12.0. The Morgan fingerprint density at radius 1 is 1.19 bits per heavy atom. The number of benzene rings is 1. The number of carbonyl (C=O) groups is 2. The molecule has 5 nitrogen and oxygen atoms in total. The number of carboxylic acids is 1. The predicted molar refractivity (Wildman–Crippen MR) is 125 cm³/mol. The first-order valence-electron chi connectivity index (χ1n) is 12.0. The van der Waals surface area contributed by atoms with E-state index in [1.807, 2.05) is 26.0 Å². The van der Waals surface area contributed by atoms with Crippen LogP contribution in [0.5, 0.6) is 0 Å². The fraction of sp³-hybridized carbons (Fsp3) is 0.593. The van der Waals surface area contributed by atoms with Gasteiger partial charge in [-0.15, -0.1) is 0 Å². The van der Waals surface area contributed by atoms with E-state index >= 15 is 0 Å². The Morgan fingerprint density at radius 3 is 2.50 bits per heavy atom. The van der Waals surface area contributed by atoms with Gasteiger partial charge in [0.05, 0.1) is 12.1 Å². The quantitative estimate of drug-likeness (QED) is 0.454. The Balaban J connectivity index is 1.75. The summed E-state index contributed by atoms with van der Waals surface area (Å²) in [5, 5.41) is 13.8. The van der Waals surface area contributed by atoms with Crippen LogP contribution in [0.15, 0.2) is 22.7 Å². The van der Waals surface area contributed by atoms with Crippen molar-refractivity contribution in [1.29, 1.82) is 0 Å². The maximum absolute atomic E-state index is 12.9. The summed E-state index contributed by atoms with van der Waals surface area (Å²) >= 11 is 0. The third-order valence-corrected chi connectivity index (χ3v) is 6.78. The van der Waals surface area contributed by atoms with E-state index in [4.69, 9.17) is 4.52 Å². The maximum Gasteiger partial charge on any atom is 0.304 e. The van der Waals surface area contributed by atoms with Gasteiger partial charge in [0.2, 0.25) is 0 Å². The summed E-state index contributed by atoms with van der Waals surface area (Å²) in [5.74, 6) is 1.38. The molecule has 1 aliphatic carbocycles. The van der Waals surface area contributed by atoms with E-state index in [-0.39, 0.29) is 18.6 Å². The van der Waals surface area contributed by atoms with Crippen LogP contribution in [-0.2, 0) is 22.4 Å². The molecular formula is C27H37NO4. The second-order valence-electron chi connectivity index (χ2n) is 10.1. The van der Waals surface area contributed by atoms with Gasteiger partial charge in [-0.3, -0.25) is 9.59 Å². The molecule has 174 valence electrons. The SMILES string of the molecule is CCc1c(C(CC(=O)O)CC(=O)Cc2ccc(C)cc2C)noc1C1CC(CC(C)C)C1. The van der Waals surface area contributed by atoms with Crippen LogP contribution in [0, 0.1) is 25.7 Å². The summed E-state index contributed by atoms with van der Waals surface area (Å²) in [4.78, 5) is 24.5. The lowest BCUT2D eigenvalue weighted by molar-refractivity contribution is -0.137. The third kappa shape index (κ3) is 5.87. The predicted octanol–water partition coefficient (Wildman–Crippen LogP) is 6.15. The fourth-order valence-corrected chi connectivity index (χ4v) is 5.22. The van der Waals surface area contributed by atoms with E-state index in [2.05, 4.69) is 32.0 Å². The number of nitrogens with zero attached hydrogens (tertiary/aromatic N) is 1. The van der Waals surface area contributed by atoms with Crippen LogP contribution >= 0.6 is 0 Å². The van der Waals surface area contributed by atoms with Crippen molar-refractivity contribution in [2.45, 2.75) is 91.4 Å². The summed E-state index contributed by atoms with van der Waals surface area (Å²) in [7, 11) is 0. The summed E-state index contributed by atoms with van der Waals surface area (Å²) < 4.78 is 5.78. The van der Waals surface area contributed by atoms with Crippen molar-refractivity contribution < 1.29 is 19.2 Å². The molecule has 32 heavy (non-hydrogen) atoms.